The molecule has 0 aromatic heterocycles. The molecule has 0 aromatic rings. The van der Waals surface area contributed by atoms with E-state index in [-0.39, 0.29) is 18.1 Å². The van der Waals surface area contributed by atoms with Crippen molar-refractivity contribution in [1.82, 2.24) is 0 Å². The molecule has 0 amide bonds. The van der Waals surface area contributed by atoms with Crippen molar-refractivity contribution in [2.24, 2.45) is 22.9 Å². The number of hydrogen-bond acceptors (Lipinski definition) is 4. The van der Waals surface area contributed by atoms with Gasteiger partial charge in [-0.05, 0) is 19.3 Å². The summed E-state index contributed by atoms with van der Waals surface area (Å²) in [5.74, 6) is 0. The lowest BCUT2D eigenvalue weighted by molar-refractivity contribution is 0.219. The molecular formula is C10H26N4. The fourth-order valence-corrected chi connectivity index (χ4v) is 1.89. The van der Waals surface area contributed by atoms with Crippen LogP contribution >= 0.6 is 0 Å². The SMILES string of the molecule is CCC(N)C(N)(C(N)CC)C(N)CC. The van der Waals surface area contributed by atoms with E-state index in [1.165, 1.54) is 0 Å². The first kappa shape index (κ1) is 13.8. The average molecular weight is 202 g/mol. The van der Waals surface area contributed by atoms with Crippen molar-refractivity contribution in [2.75, 3.05) is 0 Å². The summed E-state index contributed by atoms with van der Waals surface area (Å²) in [6.07, 6.45) is 2.41. The molecule has 0 fully saturated rings. The zero-order chi connectivity index (χ0) is 11.4. The van der Waals surface area contributed by atoms with Gasteiger partial charge in [-0.15, -0.1) is 0 Å². The highest BCUT2D eigenvalue weighted by atomic mass is 15.0. The van der Waals surface area contributed by atoms with Crippen LogP contribution in [-0.4, -0.2) is 23.7 Å². The quantitative estimate of drug-likeness (QED) is 0.482. The summed E-state index contributed by atoms with van der Waals surface area (Å²) in [4.78, 5) is 0. The molecule has 14 heavy (non-hydrogen) atoms. The summed E-state index contributed by atoms with van der Waals surface area (Å²) < 4.78 is 0. The molecule has 0 aliphatic heterocycles. The summed E-state index contributed by atoms with van der Waals surface area (Å²) in [6, 6.07) is -0.396. The highest BCUT2D eigenvalue weighted by molar-refractivity contribution is 5.07. The first-order valence-electron chi connectivity index (χ1n) is 5.50. The van der Waals surface area contributed by atoms with Gasteiger partial charge in [-0.1, -0.05) is 20.8 Å². The zero-order valence-electron chi connectivity index (χ0n) is 9.66. The molecule has 0 rings (SSSR count). The van der Waals surface area contributed by atoms with Crippen LogP contribution in [0.5, 0.6) is 0 Å². The molecule has 3 unspecified atom stereocenters. The molecule has 0 saturated carbocycles. The standard InChI is InChI=1S/C10H26N4/c1-4-7(11)10(14,8(12)5-2)9(13)6-3/h7-9H,4-6,11-14H2,1-3H3. The molecule has 86 valence electrons. The highest BCUT2D eigenvalue weighted by Gasteiger charge is 2.41. The predicted octanol–water partition coefficient (Wildman–Crippen LogP) is -0.104. The van der Waals surface area contributed by atoms with Crippen molar-refractivity contribution < 1.29 is 0 Å². The Labute approximate surface area is 87.4 Å². The monoisotopic (exact) mass is 202 g/mol. The molecule has 0 aliphatic carbocycles. The van der Waals surface area contributed by atoms with Gasteiger partial charge in [0.15, 0.2) is 0 Å². The van der Waals surface area contributed by atoms with Gasteiger partial charge in [0.25, 0.3) is 0 Å². The van der Waals surface area contributed by atoms with E-state index in [1.807, 2.05) is 20.8 Å². The Kier molecular flexibility index (Phi) is 5.59. The maximum Gasteiger partial charge on any atom is 0.0613 e. The Bertz CT molecular complexity index is 134. The molecule has 0 heterocycles. The Morgan fingerprint density at radius 1 is 0.786 bits per heavy atom. The summed E-state index contributed by atoms with van der Waals surface area (Å²) in [6.45, 7) is 6.03. The second kappa shape index (κ2) is 5.66. The van der Waals surface area contributed by atoms with E-state index in [4.69, 9.17) is 22.9 Å². The lowest BCUT2D eigenvalue weighted by Crippen LogP contribution is -2.73. The van der Waals surface area contributed by atoms with Gasteiger partial charge in [-0.2, -0.15) is 0 Å². The molecule has 3 atom stereocenters. The number of nitrogens with two attached hydrogens (primary N) is 4. The van der Waals surface area contributed by atoms with Gasteiger partial charge >= 0.3 is 0 Å². The molecule has 8 N–H and O–H groups in total. The van der Waals surface area contributed by atoms with Gasteiger partial charge in [0, 0.05) is 18.1 Å². The Morgan fingerprint density at radius 3 is 1.14 bits per heavy atom. The van der Waals surface area contributed by atoms with Crippen molar-refractivity contribution in [1.29, 1.82) is 0 Å². The largest absolute Gasteiger partial charge is 0.326 e. The third-order valence-corrected chi connectivity index (χ3v) is 3.25. The maximum atomic E-state index is 6.29. The lowest BCUT2D eigenvalue weighted by Gasteiger charge is -2.44. The van der Waals surface area contributed by atoms with Gasteiger partial charge in [0.2, 0.25) is 0 Å². The third kappa shape index (κ3) is 2.45. The fourth-order valence-electron chi connectivity index (χ4n) is 1.89. The van der Waals surface area contributed by atoms with Gasteiger partial charge in [-0.25, -0.2) is 0 Å². The number of hydrogen-bond donors (Lipinski definition) is 4. The predicted molar refractivity (Wildman–Crippen MR) is 61.7 cm³/mol. The van der Waals surface area contributed by atoms with Crippen molar-refractivity contribution in [3.8, 4) is 0 Å². The molecule has 0 aliphatic rings. The number of rotatable bonds is 6. The molecule has 0 bridgehead atoms. The van der Waals surface area contributed by atoms with Gasteiger partial charge < -0.3 is 22.9 Å². The highest BCUT2D eigenvalue weighted by Crippen LogP contribution is 2.20. The van der Waals surface area contributed by atoms with Crippen LogP contribution in [0.25, 0.3) is 0 Å². The molecule has 4 heteroatoms. The van der Waals surface area contributed by atoms with Crippen molar-refractivity contribution in [2.45, 2.75) is 63.7 Å². The van der Waals surface area contributed by atoms with E-state index in [0.29, 0.717) is 0 Å². The Morgan fingerprint density at radius 2 is 1.00 bits per heavy atom. The zero-order valence-corrected chi connectivity index (χ0v) is 9.66. The summed E-state index contributed by atoms with van der Waals surface area (Å²) in [5.41, 5.74) is 23.7. The van der Waals surface area contributed by atoms with Crippen LogP contribution in [0.15, 0.2) is 0 Å². The molecule has 0 radical (unpaired) electrons. The summed E-state index contributed by atoms with van der Waals surface area (Å²) >= 11 is 0. The van der Waals surface area contributed by atoms with E-state index in [9.17, 15) is 0 Å². The normalized spacial score (nSPS) is 22.5. The molecule has 4 nitrogen and oxygen atoms in total. The Hall–Kier alpha value is -0.160. The van der Waals surface area contributed by atoms with E-state index >= 15 is 0 Å². The van der Waals surface area contributed by atoms with E-state index in [2.05, 4.69) is 0 Å². The van der Waals surface area contributed by atoms with Crippen LogP contribution < -0.4 is 22.9 Å². The second-order valence-electron chi connectivity index (χ2n) is 4.04. The average Bonchev–Trinajstić information content (AvgIpc) is 2.24. The maximum absolute atomic E-state index is 6.29. The van der Waals surface area contributed by atoms with Crippen LogP contribution in [-0.2, 0) is 0 Å². The van der Waals surface area contributed by atoms with Crippen LogP contribution in [0.4, 0.5) is 0 Å². The first-order chi connectivity index (χ1) is 6.44. The van der Waals surface area contributed by atoms with E-state index < -0.39 is 5.54 Å². The fraction of sp³-hybridized carbons (Fsp3) is 1.00. The van der Waals surface area contributed by atoms with E-state index in [0.717, 1.165) is 19.3 Å². The van der Waals surface area contributed by atoms with Crippen molar-refractivity contribution in [3.63, 3.8) is 0 Å². The molecule has 0 saturated heterocycles. The van der Waals surface area contributed by atoms with Crippen LogP contribution in [0, 0.1) is 0 Å². The summed E-state index contributed by atoms with van der Waals surface area (Å²) in [7, 11) is 0. The van der Waals surface area contributed by atoms with Gasteiger partial charge in [-0.3, -0.25) is 0 Å². The molecule has 0 aromatic carbocycles. The Balaban J connectivity index is 4.83. The minimum atomic E-state index is -0.641. The third-order valence-electron chi connectivity index (χ3n) is 3.25. The van der Waals surface area contributed by atoms with Gasteiger partial charge in [0.05, 0.1) is 5.54 Å². The minimum absolute atomic E-state index is 0.132. The van der Waals surface area contributed by atoms with Crippen molar-refractivity contribution >= 4 is 0 Å². The first-order valence-corrected chi connectivity index (χ1v) is 5.50. The lowest BCUT2D eigenvalue weighted by atomic mass is 9.75. The summed E-state index contributed by atoms with van der Waals surface area (Å²) in [5, 5.41) is 0. The van der Waals surface area contributed by atoms with Crippen LogP contribution in [0.1, 0.15) is 40.0 Å². The topological polar surface area (TPSA) is 104 Å². The van der Waals surface area contributed by atoms with Crippen LogP contribution in [0.3, 0.4) is 0 Å². The van der Waals surface area contributed by atoms with E-state index in [1.54, 1.807) is 0 Å². The van der Waals surface area contributed by atoms with Crippen molar-refractivity contribution in [3.05, 3.63) is 0 Å². The van der Waals surface area contributed by atoms with Gasteiger partial charge in [0.1, 0.15) is 0 Å². The molecular weight excluding hydrogens is 176 g/mol. The van der Waals surface area contributed by atoms with Crippen LogP contribution in [0.2, 0.25) is 0 Å². The molecule has 0 spiro atoms. The minimum Gasteiger partial charge on any atom is -0.326 e. The second-order valence-corrected chi connectivity index (χ2v) is 4.04. The smallest absolute Gasteiger partial charge is 0.0613 e.